The zero-order valence-corrected chi connectivity index (χ0v) is 16.6. The molecule has 0 spiro atoms. The molecule has 0 saturated heterocycles. The number of carbonyl (C=O) groups excluding carboxylic acids is 1. The highest BCUT2D eigenvalue weighted by Gasteiger charge is 2.17. The maximum atomic E-state index is 13.0. The van der Waals surface area contributed by atoms with E-state index in [1.54, 1.807) is 43.2 Å². The number of hydrogen-bond donors (Lipinski definition) is 2. The topological polar surface area (TPSA) is 111 Å². The molecule has 154 valence electrons. The summed E-state index contributed by atoms with van der Waals surface area (Å²) in [5.74, 6) is -0.397. The third-order valence-electron chi connectivity index (χ3n) is 4.60. The van der Waals surface area contributed by atoms with Crippen molar-refractivity contribution >= 4 is 22.6 Å². The summed E-state index contributed by atoms with van der Waals surface area (Å²) in [7, 11) is 3.20. The predicted octanol–water partition coefficient (Wildman–Crippen LogP) is 0.931. The summed E-state index contributed by atoms with van der Waals surface area (Å²) >= 11 is 0. The lowest BCUT2D eigenvalue weighted by atomic mass is 10.2. The van der Waals surface area contributed by atoms with Crippen molar-refractivity contribution in [2.24, 2.45) is 0 Å². The van der Waals surface area contributed by atoms with Gasteiger partial charge < -0.3 is 19.4 Å². The molecule has 9 heteroatoms. The van der Waals surface area contributed by atoms with Crippen LogP contribution in [0.3, 0.4) is 0 Å². The number of aromatic nitrogens is 3. The van der Waals surface area contributed by atoms with Crippen LogP contribution in [0.2, 0.25) is 0 Å². The molecule has 3 heterocycles. The van der Waals surface area contributed by atoms with E-state index in [1.807, 2.05) is 0 Å². The number of ether oxygens (including phenoxy) is 2. The number of nitrogens with zero attached hydrogens (tertiary/aromatic N) is 3. The molecule has 0 aliphatic rings. The van der Waals surface area contributed by atoms with Gasteiger partial charge >= 0.3 is 0 Å². The fourth-order valence-corrected chi connectivity index (χ4v) is 3.16. The monoisotopic (exact) mass is 399 g/mol. The third kappa shape index (κ3) is 4.36. The quantitative estimate of drug-likeness (QED) is 0.411. The van der Waals surface area contributed by atoms with Gasteiger partial charge in [-0.1, -0.05) is 6.07 Å². The summed E-state index contributed by atoms with van der Waals surface area (Å²) in [6, 6.07) is 6.74. The number of fused-ring (bicyclic) bond motifs is 2. The summed E-state index contributed by atoms with van der Waals surface area (Å²) < 4.78 is 13.1. The molecular weight excluding hydrogens is 374 g/mol. The molecule has 0 bridgehead atoms. The minimum atomic E-state index is -0.397. The van der Waals surface area contributed by atoms with Gasteiger partial charge in [0.15, 0.2) is 0 Å². The number of aryl methyl sites for hydroxylation is 1. The van der Waals surface area contributed by atoms with Crippen LogP contribution in [0.5, 0.6) is 0 Å². The van der Waals surface area contributed by atoms with E-state index in [4.69, 9.17) is 14.9 Å². The average molecular weight is 399 g/mol. The largest absolute Gasteiger partial charge is 0.385 e. The smallest absolute Gasteiger partial charge is 0.267 e. The van der Waals surface area contributed by atoms with Gasteiger partial charge in [0.2, 0.25) is 0 Å². The molecule has 0 radical (unpaired) electrons. The first kappa shape index (κ1) is 20.7. The molecule has 0 atom stereocenters. The second-order valence-corrected chi connectivity index (χ2v) is 6.59. The second-order valence-electron chi connectivity index (χ2n) is 6.59. The molecule has 0 aromatic carbocycles. The van der Waals surface area contributed by atoms with Crippen LogP contribution >= 0.6 is 0 Å². The second kappa shape index (κ2) is 9.44. The highest BCUT2D eigenvalue weighted by Crippen LogP contribution is 2.11. The van der Waals surface area contributed by atoms with Crippen molar-refractivity contribution in [3.05, 3.63) is 51.9 Å². The standard InChI is InChI=1S/C20H25N5O4/c1-28-11-5-8-22-19(26)14-13-15-18(25(17(14)21)10-6-12-29-2)23-16-7-3-4-9-24(16)20(15)27/h3-4,7,9,13,21H,5-6,8,10-12H2,1-2H3,(H,22,26). The molecule has 3 aromatic heterocycles. The Kier molecular flexibility index (Phi) is 6.73. The van der Waals surface area contributed by atoms with Crippen LogP contribution in [-0.2, 0) is 16.0 Å². The van der Waals surface area contributed by atoms with Gasteiger partial charge in [-0.15, -0.1) is 0 Å². The molecule has 0 saturated carbocycles. The zero-order chi connectivity index (χ0) is 20.8. The molecule has 3 aromatic rings. The fraction of sp³-hybridized carbons (Fsp3) is 0.400. The highest BCUT2D eigenvalue weighted by molar-refractivity contribution is 5.96. The summed E-state index contributed by atoms with van der Waals surface area (Å²) in [6.07, 6.45) is 2.92. The van der Waals surface area contributed by atoms with Gasteiger partial charge in [-0.05, 0) is 31.0 Å². The Hall–Kier alpha value is -3.04. The van der Waals surface area contributed by atoms with Crippen molar-refractivity contribution in [1.29, 1.82) is 5.41 Å². The molecule has 0 unspecified atom stereocenters. The van der Waals surface area contributed by atoms with Gasteiger partial charge in [0, 0.05) is 46.7 Å². The van der Waals surface area contributed by atoms with Crippen LogP contribution in [0.4, 0.5) is 0 Å². The molecule has 0 aliphatic carbocycles. The molecule has 9 nitrogen and oxygen atoms in total. The minimum Gasteiger partial charge on any atom is -0.385 e. The van der Waals surface area contributed by atoms with Crippen molar-refractivity contribution in [1.82, 2.24) is 19.3 Å². The van der Waals surface area contributed by atoms with Crippen LogP contribution in [0.25, 0.3) is 16.7 Å². The van der Waals surface area contributed by atoms with Gasteiger partial charge in [-0.2, -0.15) is 0 Å². The molecule has 3 rings (SSSR count). The van der Waals surface area contributed by atoms with Crippen molar-refractivity contribution < 1.29 is 14.3 Å². The lowest BCUT2D eigenvalue weighted by Crippen LogP contribution is -2.35. The molecule has 29 heavy (non-hydrogen) atoms. The number of carbonyl (C=O) groups is 1. The van der Waals surface area contributed by atoms with Gasteiger partial charge in [0.05, 0.1) is 10.9 Å². The number of amides is 1. The third-order valence-corrected chi connectivity index (χ3v) is 4.60. The normalized spacial score (nSPS) is 11.2. The number of rotatable bonds is 9. The summed E-state index contributed by atoms with van der Waals surface area (Å²) in [5.41, 5.74) is 0.756. The Labute approximate surface area is 167 Å². The number of hydrogen-bond acceptors (Lipinski definition) is 6. The Morgan fingerprint density at radius 3 is 2.72 bits per heavy atom. The van der Waals surface area contributed by atoms with Crippen molar-refractivity contribution in [3.63, 3.8) is 0 Å². The maximum absolute atomic E-state index is 13.0. The molecular formula is C20H25N5O4. The number of methoxy groups -OCH3 is 2. The molecule has 0 aliphatic heterocycles. The molecule has 1 amide bonds. The van der Waals surface area contributed by atoms with E-state index in [1.165, 1.54) is 10.5 Å². The fourth-order valence-electron chi connectivity index (χ4n) is 3.16. The van der Waals surface area contributed by atoms with Crippen molar-refractivity contribution in [2.45, 2.75) is 19.4 Å². The minimum absolute atomic E-state index is 0.0185. The SMILES string of the molecule is COCCCNC(=O)c1cc2c(=O)n3ccccc3nc2n(CCCOC)c1=N. The van der Waals surface area contributed by atoms with Crippen LogP contribution in [-0.4, -0.2) is 53.8 Å². The van der Waals surface area contributed by atoms with Gasteiger partial charge in [-0.25, -0.2) is 4.98 Å². The molecule has 2 N–H and O–H groups in total. The number of pyridine rings is 2. The predicted molar refractivity (Wildman–Crippen MR) is 108 cm³/mol. The van der Waals surface area contributed by atoms with E-state index in [2.05, 4.69) is 10.3 Å². The first-order valence-electron chi connectivity index (χ1n) is 9.44. The Morgan fingerprint density at radius 2 is 1.97 bits per heavy atom. The zero-order valence-electron chi connectivity index (χ0n) is 16.6. The summed E-state index contributed by atoms with van der Waals surface area (Å²) in [6.45, 7) is 1.85. The van der Waals surface area contributed by atoms with E-state index in [0.717, 1.165) is 0 Å². The first-order chi connectivity index (χ1) is 14.1. The first-order valence-corrected chi connectivity index (χ1v) is 9.44. The van der Waals surface area contributed by atoms with Crippen LogP contribution < -0.4 is 16.4 Å². The van der Waals surface area contributed by atoms with Crippen LogP contribution in [0.15, 0.2) is 35.3 Å². The van der Waals surface area contributed by atoms with Gasteiger partial charge in [0.1, 0.15) is 16.8 Å². The van der Waals surface area contributed by atoms with Crippen molar-refractivity contribution in [3.8, 4) is 0 Å². The number of nitrogens with one attached hydrogen (secondary N) is 2. The summed E-state index contributed by atoms with van der Waals surface area (Å²) in [5, 5.41) is 11.7. The van der Waals surface area contributed by atoms with E-state index >= 15 is 0 Å². The van der Waals surface area contributed by atoms with Crippen LogP contribution in [0.1, 0.15) is 23.2 Å². The lowest BCUT2D eigenvalue weighted by Gasteiger charge is -2.14. The highest BCUT2D eigenvalue weighted by atomic mass is 16.5. The van der Waals surface area contributed by atoms with Gasteiger partial charge in [0.25, 0.3) is 11.5 Å². The Morgan fingerprint density at radius 1 is 1.21 bits per heavy atom. The van der Waals surface area contributed by atoms with E-state index in [-0.39, 0.29) is 16.6 Å². The van der Waals surface area contributed by atoms with Gasteiger partial charge in [-0.3, -0.25) is 19.4 Å². The summed E-state index contributed by atoms with van der Waals surface area (Å²) in [4.78, 5) is 30.3. The Bertz CT molecular complexity index is 1140. The van der Waals surface area contributed by atoms with E-state index < -0.39 is 5.91 Å². The van der Waals surface area contributed by atoms with E-state index in [9.17, 15) is 9.59 Å². The Balaban J connectivity index is 2.14. The van der Waals surface area contributed by atoms with Crippen molar-refractivity contribution in [2.75, 3.05) is 34.0 Å². The van der Waals surface area contributed by atoms with Crippen LogP contribution in [0, 0.1) is 5.41 Å². The van der Waals surface area contributed by atoms with E-state index in [0.29, 0.717) is 55.8 Å². The maximum Gasteiger partial charge on any atom is 0.267 e. The molecule has 0 fully saturated rings. The average Bonchev–Trinajstić information content (AvgIpc) is 2.73. The lowest BCUT2D eigenvalue weighted by molar-refractivity contribution is 0.0946.